The lowest BCUT2D eigenvalue weighted by Gasteiger charge is -2.38. The lowest BCUT2D eigenvalue weighted by atomic mass is 10.1. The van der Waals surface area contributed by atoms with Crippen molar-refractivity contribution >= 4 is 53.3 Å². The fourth-order valence-electron chi connectivity index (χ4n) is 4.13. The number of ether oxygens (including phenoxy) is 3. The van der Waals surface area contributed by atoms with Gasteiger partial charge in [-0.15, -0.1) is 0 Å². The fraction of sp³-hybridized carbons (Fsp3) is 0.500. The van der Waals surface area contributed by atoms with Crippen LogP contribution in [0.15, 0.2) is 47.6 Å². The summed E-state index contributed by atoms with van der Waals surface area (Å²) in [5.41, 5.74) is 1.28. The fourth-order valence-corrected chi connectivity index (χ4v) is 7.03. The van der Waals surface area contributed by atoms with E-state index >= 15 is 0 Å². The molecule has 12 nitrogen and oxygen atoms in total. The van der Waals surface area contributed by atoms with Crippen molar-refractivity contribution in [2.24, 2.45) is 0 Å². The molecule has 3 rings (SSSR count). The highest BCUT2D eigenvalue weighted by molar-refractivity contribution is 8.76. The van der Waals surface area contributed by atoms with Gasteiger partial charge in [-0.05, 0) is 54.4 Å². The van der Waals surface area contributed by atoms with Crippen molar-refractivity contribution in [2.75, 3.05) is 39.3 Å². The van der Waals surface area contributed by atoms with Gasteiger partial charge in [0.15, 0.2) is 19.8 Å². The first-order chi connectivity index (χ1) is 21.1. The van der Waals surface area contributed by atoms with E-state index in [9.17, 15) is 19.7 Å². The molecule has 1 saturated heterocycles. The van der Waals surface area contributed by atoms with Crippen LogP contribution in [0.2, 0.25) is 18.1 Å². The van der Waals surface area contributed by atoms with Gasteiger partial charge in [0.1, 0.15) is 17.8 Å². The number of likely N-dealkylation sites (tertiary alicyclic amines) is 1. The highest BCUT2D eigenvalue weighted by atomic mass is 33.1. The maximum Gasteiger partial charge on any atom is 0.411 e. The summed E-state index contributed by atoms with van der Waals surface area (Å²) in [5, 5.41) is 14.0. The largest absolute Gasteiger partial charge is 0.493 e. The lowest BCUT2D eigenvalue weighted by Crippen LogP contribution is -2.46. The van der Waals surface area contributed by atoms with Gasteiger partial charge in [-0.25, -0.2) is 9.78 Å². The van der Waals surface area contributed by atoms with E-state index < -0.39 is 19.3 Å². The third-order valence-corrected chi connectivity index (χ3v) is 15.0. The smallest absolute Gasteiger partial charge is 0.411 e. The van der Waals surface area contributed by atoms with Crippen molar-refractivity contribution < 1.29 is 33.1 Å². The van der Waals surface area contributed by atoms with Crippen molar-refractivity contribution in [1.82, 2.24) is 9.88 Å². The van der Waals surface area contributed by atoms with Crippen LogP contribution >= 0.6 is 21.6 Å². The number of pyridine rings is 1. The molecule has 15 heteroatoms. The number of carbonyl (C=O) groups excluding carboxylic acids is 2. The number of aromatic nitrogens is 1. The molecule has 0 aliphatic carbocycles. The summed E-state index contributed by atoms with van der Waals surface area (Å²) in [4.78, 5) is 43.1. The Balaban J connectivity index is 1.71. The zero-order valence-corrected chi connectivity index (χ0v) is 29.6. The second-order valence-electron chi connectivity index (χ2n) is 12.2. The molecule has 2 heterocycles. The van der Waals surface area contributed by atoms with Gasteiger partial charge in [-0.2, -0.15) is 0 Å². The topological polar surface area (TPSA) is 142 Å². The van der Waals surface area contributed by atoms with Gasteiger partial charge in [0.25, 0.3) is 11.6 Å². The molecule has 0 unspecified atom stereocenters. The molecule has 2 amide bonds. The molecule has 1 aromatic heterocycles. The Bertz CT molecular complexity index is 1400. The Morgan fingerprint density at radius 1 is 1.22 bits per heavy atom. The molecular weight excluding hydrogens is 637 g/mol. The van der Waals surface area contributed by atoms with Crippen LogP contribution in [0, 0.1) is 10.1 Å². The standard InChI is InChI=1S/C30H42N4O8S2Si/c1-19-12-22(18-42-45(8,9)30(3,4)5)33(16-19)28(35)23-13-25(39-6)26(40-7)14-24(23)32-29(36)41-17-20(2)43-44-27-11-10-21(15-31-27)34(37)38/h10-11,13-15,20,22H,1,12,16-18H2,2-9H3,(H,32,36)/t20-,22+/m1/s1. The maximum atomic E-state index is 14.0. The number of benzene rings is 1. The molecule has 0 radical (unpaired) electrons. The van der Waals surface area contributed by atoms with Gasteiger partial charge >= 0.3 is 6.09 Å². The van der Waals surface area contributed by atoms with Crippen molar-refractivity contribution in [1.29, 1.82) is 0 Å². The molecule has 1 aromatic carbocycles. The van der Waals surface area contributed by atoms with Gasteiger partial charge in [0, 0.05) is 23.9 Å². The second-order valence-corrected chi connectivity index (χ2v) is 19.7. The first kappa shape index (κ1) is 36.2. The number of hydrogen-bond acceptors (Lipinski definition) is 11. The monoisotopic (exact) mass is 678 g/mol. The molecule has 45 heavy (non-hydrogen) atoms. The number of nitro groups is 1. The van der Waals surface area contributed by atoms with Crippen LogP contribution < -0.4 is 14.8 Å². The summed E-state index contributed by atoms with van der Waals surface area (Å²) in [6.45, 7) is 17.7. The number of methoxy groups -OCH3 is 2. The average Bonchev–Trinajstić information content (AvgIpc) is 3.37. The number of nitrogens with one attached hydrogen (secondary N) is 1. The Labute approximate surface area is 273 Å². The molecule has 2 aromatic rings. The van der Waals surface area contributed by atoms with Gasteiger partial charge in [0.05, 0.1) is 43.0 Å². The number of anilines is 1. The summed E-state index contributed by atoms with van der Waals surface area (Å²) in [5.74, 6) is 0.377. The normalized spacial score (nSPS) is 15.9. The third kappa shape index (κ3) is 9.61. The molecule has 1 aliphatic rings. The van der Waals surface area contributed by atoms with E-state index in [-0.39, 0.29) is 45.8 Å². The van der Waals surface area contributed by atoms with E-state index in [1.807, 2.05) is 6.92 Å². The highest BCUT2D eigenvalue weighted by Gasteiger charge is 2.40. The maximum absolute atomic E-state index is 14.0. The first-order valence-corrected chi connectivity index (χ1v) is 19.4. The van der Waals surface area contributed by atoms with E-state index in [1.165, 1.54) is 54.1 Å². The number of nitrogens with zero attached hydrogens (tertiary/aromatic N) is 3. The molecule has 1 fully saturated rings. The van der Waals surface area contributed by atoms with Gasteiger partial charge in [0.2, 0.25) is 0 Å². The number of rotatable bonds is 13. The first-order valence-electron chi connectivity index (χ1n) is 14.3. The highest BCUT2D eigenvalue weighted by Crippen LogP contribution is 2.39. The quantitative estimate of drug-likeness (QED) is 0.0757. The summed E-state index contributed by atoms with van der Waals surface area (Å²) >= 11 is 0. The summed E-state index contributed by atoms with van der Waals surface area (Å²) in [6.07, 6.45) is 1.08. The van der Waals surface area contributed by atoms with Crippen LogP contribution in [0.5, 0.6) is 11.5 Å². The Hall–Kier alpha value is -3.27. The predicted octanol–water partition coefficient (Wildman–Crippen LogP) is 7.18. The molecule has 2 atom stereocenters. The Morgan fingerprint density at radius 2 is 1.89 bits per heavy atom. The summed E-state index contributed by atoms with van der Waals surface area (Å²) < 4.78 is 22.8. The lowest BCUT2D eigenvalue weighted by molar-refractivity contribution is -0.385. The van der Waals surface area contributed by atoms with Crippen molar-refractivity contribution in [3.05, 3.63) is 58.3 Å². The van der Waals surface area contributed by atoms with Crippen LogP contribution in [0.25, 0.3) is 0 Å². The predicted molar refractivity (Wildman–Crippen MR) is 180 cm³/mol. The van der Waals surface area contributed by atoms with Crippen molar-refractivity contribution in [2.45, 2.75) is 68.6 Å². The van der Waals surface area contributed by atoms with E-state index in [0.29, 0.717) is 36.1 Å². The van der Waals surface area contributed by atoms with Crippen LogP contribution in [-0.2, 0) is 9.16 Å². The van der Waals surface area contributed by atoms with Gasteiger partial charge < -0.3 is 23.5 Å². The number of hydrogen-bond donors (Lipinski definition) is 1. The van der Waals surface area contributed by atoms with E-state index in [2.05, 4.69) is 50.7 Å². The van der Waals surface area contributed by atoms with Crippen molar-refractivity contribution in [3.63, 3.8) is 0 Å². The minimum Gasteiger partial charge on any atom is -0.493 e. The number of amides is 2. The van der Waals surface area contributed by atoms with Crippen LogP contribution in [0.3, 0.4) is 0 Å². The molecule has 1 aliphatic heterocycles. The van der Waals surface area contributed by atoms with Crippen LogP contribution in [-0.4, -0.2) is 80.4 Å². The SMILES string of the molecule is C=C1C[C@@H](CO[Si](C)(C)C(C)(C)C)N(C(=O)c2cc(OC)c(OC)cc2NC(=O)OC[C@@H](C)SSc2ccc([N+](=O)[O-])cn2)C1. The molecule has 0 bridgehead atoms. The molecule has 1 N–H and O–H groups in total. The van der Waals surface area contributed by atoms with Gasteiger partial charge in [-0.3, -0.25) is 20.2 Å². The third-order valence-electron chi connectivity index (χ3n) is 7.73. The number of carbonyl (C=O) groups is 2. The minimum absolute atomic E-state index is 0.0224. The van der Waals surface area contributed by atoms with Crippen molar-refractivity contribution in [3.8, 4) is 11.5 Å². The molecule has 246 valence electrons. The van der Waals surface area contributed by atoms with E-state index in [1.54, 1.807) is 17.0 Å². The van der Waals surface area contributed by atoms with Gasteiger partial charge in [-0.1, -0.05) is 43.7 Å². The zero-order chi connectivity index (χ0) is 33.5. The average molecular weight is 679 g/mol. The Kier molecular flexibility index (Phi) is 12.3. The van der Waals surface area contributed by atoms with E-state index in [0.717, 1.165) is 5.57 Å². The summed E-state index contributed by atoms with van der Waals surface area (Å²) in [7, 11) is 3.61. The van der Waals surface area contributed by atoms with Crippen LogP contribution in [0.4, 0.5) is 16.2 Å². The molecule has 0 saturated carbocycles. The summed E-state index contributed by atoms with van der Waals surface area (Å²) in [6, 6.07) is 5.83. The van der Waals surface area contributed by atoms with Crippen LogP contribution in [0.1, 0.15) is 44.5 Å². The zero-order valence-electron chi connectivity index (χ0n) is 27.0. The molecular formula is C30H42N4O8S2Si. The molecule has 0 spiro atoms. The Morgan fingerprint density at radius 3 is 2.47 bits per heavy atom. The minimum atomic E-state index is -2.06. The second kappa shape index (κ2) is 15.3. The van der Waals surface area contributed by atoms with E-state index in [4.69, 9.17) is 18.6 Å².